The van der Waals surface area contributed by atoms with Gasteiger partial charge in [0.25, 0.3) is 5.91 Å². The average molecular weight is 521 g/mol. The van der Waals surface area contributed by atoms with E-state index in [1.807, 2.05) is 75.4 Å². The van der Waals surface area contributed by atoms with Crippen LogP contribution in [0.3, 0.4) is 0 Å². The minimum absolute atomic E-state index is 0.0142. The van der Waals surface area contributed by atoms with Gasteiger partial charge in [0.1, 0.15) is 17.4 Å². The van der Waals surface area contributed by atoms with Crippen molar-refractivity contribution in [2.24, 2.45) is 0 Å². The second-order valence-corrected chi connectivity index (χ2v) is 9.29. The number of nitriles is 1. The van der Waals surface area contributed by atoms with Crippen molar-refractivity contribution in [1.82, 2.24) is 9.55 Å². The van der Waals surface area contributed by atoms with Gasteiger partial charge in [-0.3, -0.25) is 10.1 Å². The average Bonchev–Trinajstić information content (AvgIpc) is 3.31. The lowest BCUT2D eigenvalue weighted by Gasteiger charge is -2.09. The molecule has 1 amide bonds. The van der Waals surface area contributed by atoms with Crippen LogP contribution in [0.2, 0.25) is 0 Å². The van der Waals surface area contributed by atoms with Crippen LogP contribution in [-0.4, -0.2) is 22.1 Å². The predicted molar refractivity (Wildman–Crippen MR) is 136 cm³/mol. The highest BCUT2D eigenvalue weighted by Gasteiger charge is 2.16. The highest BCUT2D eigenvalue weighted by molar-refractivity contribution is 9.10. The number of nitrogens with zero attached hydrogens (tertiary/aromatic N) is 3. The Labute approximate surface area is 204 Å². The van der Waals surface area contributed by atoms with E-state index in [1.54, 1.807) is 6.08 Å². The van der Waals surface area contributed by atoms with E-state index in [0.717, 1.165) is 43.1 Å². The number of hydrogen-bond donors (Lipinski definition) is 1. The molecule has 166 valence electrons. The summed E-state index contributed by atoms with van der Waals surface area (Å²) in [6.45, 7) is 6.47. The molecule has 4 rings (SSSR count). The third-order valence-corrected chi connectivity index (χ3v) is 6.57. The summed E-state index contributed by atoms with van der Waals surface area (Å²) < 4.78 is 9.51. The number of nitrogens with one attached hydrogen (secondary N) is 1. The molecule has 0 aliphatic rings. The van der Waals surface area contributed by atoms with E-state index in [2.05, 4.69) is 30.8 Å². The largest absolute Gasteiger partial charge is 0.494 e. The molecule has 8 heteroatoms. The quantitative estimate of drug-likeness (QED) is 0.235. The number of halogens is 1. The highest BCUT2D eigenvalue weighted by atomic mass is 79.9. The molecule has 2 heterocycles. The predicted octanol–water partition coefficient (Wildman–Crippen LogP) is 6.41. The number of aromatic nitrogens is 2. The van der Waals surface area contributed by atoms with Crippen LogP contribution in [0.5, 0.6) is 5.75 Å². The Bertz CT molecular complexity index is 1410. The maximum absolute atomic E-state index is 12.8. The normalized spacial score (nSPS) is 11.4. The van der Waals surface area contributed by atoms with E-state index in [0.29, 0.717) is 11.7 Å². The van der Waals surface area contributed by atoms with E-state index >= 15 is 0 Å². The van der Waals surface area contributed by atoms with E-state index in [1.165, 1.54) is 11.3 Å². The van der Waals surface area contributed by atoms with Crippen LogP contribution < -0.4 is 10.1 Å². The Balaban J connectivity index is 1.60. The lowest BCUT2D eigenvalue weighted by molar-refractivity contribution is -0.112. The van der Waals surface area contributed by atoms with Gasteiger partial charge in [0.2, 0.25) is 0 Å². The first kappa shape index (κ1) is 22.8. The maximum Gasteiger partial charge on any atom is 0.268 e. The third kappa shape index (κ3) is 4.85. The van der Waals surface area contributed by atoms with Crippen LogP contribution >= 0.6 is 27.3 Å². The summed E-state index contributed by atoms with van der Waals surface area (Å²) >= 11 is 4.80. The molecule has 0 saturated heterocycles. The molecule has 0 bridgehead atoms. The topological polar surface area (TPSA) is 79.9 Å². The first-order chi connectivity index (χ1) is 15.9. The standard InChI is InChI=1S/C25H21BrN4O2S/c1-4-32-21-9-10-22-23(13-21)33-25(28-22)29-24(31)18(14-27)12-17-11-15(2)30(16(17)3)20-7-5-19(26)6-8-20/h5-13H,4H2,1-3H3,(H,28,29,31)/b18-12+. The second kappa shape index (κ2) is 9.61. The monoisotopic (exact) mass is 520 g/mol. The summed E-state index contributed by atoms with van der Waals surface area (Å²) in [5.74, 6) is 0.264. The van der Waals surface area contributed by atoms with Crippen molar-refractivity contribution in [3.63, 3.8) is 0 Å². The van der Waals surface area contributed by atoms with E-state index in [-0.39, 0.29) is 5.57 Å². The molecule has 0 fully saturated rings. The number of fused-ring (bicyclic) bond motifs is 1. The number of amides is 1. The lowest BCUT2D eigenvalue weighted by atomic mass is 10.1. The molecule has 0 aliphatic heterocycles. The highest BCUT2D eigenvalue weighted by Crippen LogP contribution is 2.30. The van der Waals surface area contributed by atoms with Crippen molar-refractivity contribution >= 4 is 54.6 Å². The van der Waals surface area contributed by atoms with Gasteiger partial charge in [0, 0.05) is 21.5 Å². The Morgan fingerprint density at radius 3 is 2.70 bits per heavy atom. The van der Waals surface area contributed by atoms with Gasteiger partial charge in [-0.05, 0) is 80.9 Å². The van der Waals surface area contributed by atoms with Gasteiger partial charge in [-0.15, -0.1) is 0 Å². The van der Waals surface area contributed by atoms with Crippen LogP contribution in [0.15, 0.2) is 58.6 Å². The molecule has 6 nitrogen and oxygen atoms in total. The molecule has 0 atom stereocenters. The van der Waals surface area contributed by atoms with Crippen molar-refractivity contribution in [3.05, 3.63) is 75.5 Å². The first-order valence-electron chi connectivity index (χ1n) is 10.3. The lowest BCUT2D eigenvalue weighted by Crippen LogP contribution is -2.13. The van der Waals surface area contributed by atoms with Crippen LogP contribution in [0, 0.1) is 25.2 Å². The number of carbonyl (C=O) groups excluding carboxylic acids is 1. The zero-order chi connectivity index (χ0) is 23.5. The number of ether oxygens (including phenoxy) is 1. The van der Waals surface area contributed by atoms with E-state index in [9.17, 15) is 10.1 Å². The molecule has 0 saturated carbocycles. The summed E-state index contributed by atoms with van der Waals surface area (Å²) in [6, 6.07) is 17.6. The summed E-state index contributed by atoms with van der Waals surface area (Å²) in [5.41, 5.74) is 4.55. The molecule has 0 radical (unpaired) electrons. The number of carbonyl (C=O) groups is 1. The Morgan fingerprint density at radius 2 is 2.00 bits per heavy atom. The van der Waals surface area contributed by atoms with Crippen molar-refractivity contribution in [3.8, 4) is 17.5 Å². The van der Waals surface area contributed by atoms with Gasteiger partial charge < -0.3 is 9.30 Å². The molecule has 4 aromatic rings. The third-order valence-electron chi connectivity index (χ3n) is 5.11. The van der Waals surface area contributed by atoms with Crippen molar-refractivity contribution in [1.29, 1.82) is 5.26 Å². The molecule has 2 aromatic carbocycles. The summed E-state index contributed by atoms with van der Waals surface area (Å²) in [6.07, 6.45) is 1.62. The van der Waals surface area contributed by atoms with Crippen LogP contribution in [0.25, 0.3) is 22.0 Å². The minimum atomic E-state index is -0.491. The molecular weight excluding hydrogens is 500 g/mol. The number of benzene rings is 2. The number of aryl methyl sites for hydroxylation is 1. The summed E-state index contributed by atoms with van der Waals surface area (Å²) in [4.78, 5) is 17.3. The van der Waals surface area contributed by atoms with Gasteiger partial charge in [0.15, 0.2) is 5.13 Å². The number of thiazole rings is 1. The molecule has 2 aromatic heterocycles. The molecule has 0 spiro atoms. The fourth-order valence-corrected chi connectivity index (χ4v) is 4.76. The zero-order valence-corrected chi connectivity index (χ0v) is 20.8. The molecular formula is C25H21BrN4O2S. The van der Waals surface area contributed by atoms with Crippen molar-refractivity contribution in [2.75, 3.05) is 11.9 Å². The molecule has 0 unspecified atom stereocenters. The maximum atomic E-state index is 12.8. The Kier molecular flexibility index (Phi) is 6.63. The fourth-order valence-electron chi connectivity index (χ4n) is 3.60. The minimum Gasteiger partial charge on any atom is -0.494 e. The summed E-state index contributed by atoms with van der Waals surface area (Å²) in [5, 5.41) is 12.9. The molecule has 33 heavy (non-hydrogen) atoms. The van der Waals surface area contributed by atoms with Crippen LogP contribution in [0.4, 0.5) is 5.13 Å². The van der Waals surface area contributed by atoms with Gasteiger partial charge >= 0.3 is 0 Å². The van der Waals surface area contributed by atoms with Crippen LogP contribution in [0.1, 0.15) is 23.9 Å². The SMILES string of the molecule is CCOc1ccc2nc(NC(=O)/C(C#N)=C/c3cc(C)n(-c4ccc(Br)cc4)c3C)sc2c1. The van der Waals surface area contributed by atoms with Gasteiger partial charge in [-0.2, -0.15) is 5.26 Å². The van der Waals surface area contributed by atoms with Gasteiger partial charge in [0.05, 0.1) is 16.8 Å². The molecule has 0 aliphatic carbocycles. The van der Waals surface area contributed by atoms with Crippen molar-refractivity contribution in [2.45, 2.75) is 20.8 Å². The zero-order valence-electron chi connectivity index (χ0n) is 18.3. The molecule has 1 N–H and O–H groups in total. The van der Waals surface area contributed by atoms with Crippen LogP contribution in [-0.2, 0) is 4.79 Å². The van der Waals surface area contributed by atoms with Crippen molar-refractivity contribution < 1.29 is 9.53 Å². The summed E-state index contributed by atoms with van der Waals surface area (Å²) in [7, 11) is 0. The first-order valence-corrected chi connectivity index (χ1v) is 11.9. The number of rotatable bonds is 6. The number of anilines is 1. The van der Waals surface area contributed by atoms with E-state index in [4.69, 9.17) is 4.74 Å². The van der Waals surface area contributed by atoms with E-state index < -0.39 is 5.91 Å². The van der Waals surface area contributed by atoms with Gasteiger partial charge in [-0.25, -0.2) is 4.98 Å². The van der Waals surface area contributed by atoms with Gasteiger partial charge in [-0.1, -0.05) is 27.3 Å². The number of hydrogen-bond acceptors (Lipinski definition) is 5. The fraction of sp³-hybridized carbons (Fsp3) is 0.160. The second-order valence-electron chi connectivity index (χ2n) is 7.34. The Morgan fingerprint density at radius 1 is 1.24 bits per heavy atom. The Hall–Kier alpha value is -3.41. The smallest absolute Gasteiger partial charge is 0.268 e.